The minimum Gasteiger partial charge on any atom is -0.455 e. The lowest BCUT2D eigenvalue weighted by Gasteiger charge is -2.40. The zero-order valence-corrected chi connectivity index (χ0v) is 29.6. The molecule has 8 atom stereocenters. The largest absolute Gasteiger partial charge is 0.455 e. The van der Waals surface area contributed by atoms with E-state index in [4.69, 9.17) is 9.47 Å². The van der Waals surface area contributed by atoms with Crippen LogP contribution in [0.15, 0.2) is 86.0 Å². The van der Waals surface area contributed by atoms with Gasteiger partial charge in [0.25, 0.3) is 0 Å². The number of hydrogen-bond donors (Lipinski definition) is 1. The summed E-state index contributed by atoms with van der Waals surface area (Å²) in [6.45, 7) is 13.1. The topological polar surface area (TPSA) is 117 Å². The maximum atomic E-state index is 14.8. The van der Waals surface area contributed by atoms with Crippen LogP contribution in [-0.2, 0) is 35.1 Å². The Bertz CT molecular complexity index is 1550. The van der Waals surface area contributed by atoms with Gasteiger partial charge in [-0.1, -0.05) is 72.8 Å². The minimum absolute atomic E-state index is 0.109. The van der Waals surface area contributed by atoms with Crippen molar-refractivity contribution < 1.29 is 33.8 Å². The molecule has 50 heavy (non-hydrogen) atoms. The molecule has 3 amide bonds. The van der Waals surface area contributed by atoms with Gasteiger partial charge in [0, 0.05) is 26.1 Å². The minimum atomic E-state index is -1.27. The number of carbonyl (C=O) groups excluding carboxylic acids is 4. The zero-order valence-electron chi connectivity index (χ0n) is 29.6. The van der Waals surface area contributed by atoms with Crippen LogP contribution in [0.4, 0.5) is 0 Å². The third-order valence-electron chi connectivity index (χ3n) is 10.8. The molecule has 0 saturated carbocycles. The summed E-state index contributed by atoms with van der Waals surface area (Å²) in [5, 5.41) is 10.8. The molecule has 10 heteroatoms. The highest BCUT2D eigenvalue weighted by atomic mass is 16.6. The van der Waals surface area contributed by atoms with Gasteiger partial charge in [-0.3, -0.25) is 19.2 Å². The van der Waals surface area contributed by atoms with Crippen molar-refractivity contribution in [3.63, 3.8) is 0 Å². The Morgan fingerprint density at radius 1 is 1.06 bits per heavy atom. The fraction of sp³-hybridized carbons (Fsp3) is 0.500. The number of amides is 3. The molecule has 3 fully saturated rings. The molecule has 0 aliphatic carbocycles. The van der Waals surface area contributed by atoms with Gasteiger partial charge in [0.1, 0.15) is 17.7 Å². The van der Waals surface area contributed by atoms with Crippen LogP contribution in [0, 0.1) is 11.8 Å². The molecule has 3 heterocycles. The van der Waals surface area contributed by atoms with Crippen molar-refractivity contribution in [2.24, 2.45) is 11.8 Å². The molecular formula is C40H51N3O7. The normalized spacial score (nSPS) is 25.5. The monoisotopic (exact) mass is 685 g/mol. The predicted octanol–water partition coefficient (Wildman–Crippen LogP) is 4.49. The van der Waals surface area contributed by atoms with E-state index in [9.17, 15) is 24.3 Å². The molecule has 0 aromatic heterocycles. The Morgan fingerprint density at radius 2 is 1.72 bits per heavy atom. The first kappa shape index (κ1) is 37.0. The van der Waals surface area contributed by atoms with E-state index in [1.165, 1.54) is 4.90 Å². The Morgan fingerprint density at radius 3 is 2.32 bits per heavy atom. The quantitative estimate of drug-likeness (QED) is 0.205. The van der Waals surface area contributed by atoms with Crippen molar-refractivity contribution in [2.45, 2.75) is 94.9 Å². The van der Waals surface area contributed by atoms with Crippen molar-refractivity contribution in [3.8, 4) is 0 Å². The fourth-order valence-electron chi connectivity index (χ4n) is 8.14. The summed E-state index contributed by atoms with van der Waals surface area (Å²) in [6, 6.07) is 16.3. The molecule has 1 N–H and O–H groups in total. The van der Waals surface area contributed by atoms with Crippen molar-refractivity contribution in [1.29, 1.82) is 0 Å². The molecular weight excluding hydrogens is 634 g/mol. The number of aliphatic hydroxyl groups excluding tert-OH is 1. The molecule has 2 bridgehead atoms. The lowest BCUT2D eigenvalue weighted by atomic mass is 9.70. The summed E-state index contributed by atoms with van der Waals surface area (Å²) in [4.78, 5) is 61.7. The summed E-state index contributed by atoms with van der Waals surface area (Å²) >= 11 is 0. The first-order valence-electron chi connectivity index (χ1n) is 17.7. The molecule has 3 saturated heterocycles. The Hall–Kier alpha value is -4.28. The van der Waals surface area contributed by atoms with Gasteiger partial charge in [-0.15, -0.1) is 13.2 Å². The second-order valence-electron chi connectivity index (χ2n) is 14.0. The van der Waals surface area contributed by atoms with Crippen molar-refractivity contribution in [2.75, 3.05) is 20.2 Å². The van der Waals surface area contributed by atoms with E-state index >= 15 is 0 Å². The maximum absolute atomic E-state index is 14.8. The molecule has 10 nitrogen and oxygen atoms in total. The summed E-state index contributed by atoms with van der Waals surface area (Å²) in [5.41, 5.74) is 0.342. The van der Waals surface area contributed by atoms with E-state index < -0.39 is 59.6 Å². The van der Waals surface area contributed by atoms with Crippen LogP contribution in [-0.4, -0.2) is 99.6 Å². The maximum Gasteiger partial charge on any atom is 0.313 e. The number of hydrogen-bond acceptors (Lipinski definition) is 7. The van der Waals surface area contributed by atoms with E-state index in [1.807, 2.05) is 81.4 Å². The molecule has 3 aliphatic heterocycles. The first-order valence-corrected chi connectivity index (χ1v) is 17.7. The second kappa shape index (κ2) is 15.7. The summed E-state index contributed by atoms with van der Waals surface area (Å²) in [6.07, 6.45) is 3.89. The molecule has 1 spiro atoms. The van der Waals surface area contributed by atoms with Crippen LogP contribution in [0.5, 0.6) is 0 Å². The summed E-state index contributed by atoms with van der Waals surface area (Å²) in [5.74, 6) is -3.37. The average molecular weight is 686 g/mol. The number of likely N-dealkylation sites (tertiary alicyclic amines) is 1. The van der Waals surface area contributed by atoms with Gasteiger partial charge in [-0.25, -0.2) is 0 Å². The number of allylic oxidation sites excluding steroid dienone is 1. The van der Waals surface area contributed by atoms with Crippen molar-refractivity contribution in [1.82, 2.24) is 14.7 Å². The van der Waals surface area contributed by atoms with Gasteiger partial charge in [0.15, 0.2) is 0 Å². The Balaban J connectivity index is 1.52. The van der Waals surface area contributed by atoms with E-state index in [1.54, 1.807) is 29.0 Å². The second-order valence-corrected chi connectivity index (χ2v) is 14.0. The molecule has 2 aromatic carbocycles. The van der Waals surface area contributed by atoms with Gasteiger partial charge in [-0.2, -0.15) is 0 Å². The van der Waals surface area contributed by atoms with Gasteiger partial charge in [0.05, 0.1) is 36.6 Å². The number of aliphatic hydroxyl groups is 1. The molecule has 2 aromatic rings. The van der Waals surface area contributed by atoms with Crippen molar-refractivity contribution in [3.05, 3.63) is 97.1 Å². The fourth-order valence-corrected chi connectivity index (χ4v) is 8.14. The van der Waals surface area contributed by atoms with E-state index in [-0.39, 0.29) is 37.4 Å². The highest BCUT2D eigenvalue weighted by Crippen LogP contribution is 2.59. The third kappa shape index (κ3) is 6.88. The van der Waals surface area contributed by atoms with Gasteiger partial charge >= 0.3 is 5.97 Å². The van der Waals surface area contributed by atoms with E-state index in [0.29, 0.717) is 31.2 Å². The number of esters is 1. The molecule has 5 rings (SSSR count). The smallest absolute Gasteiger partial charge is 0.313 e. The Labute approximate surface area is 295 Å². The van der Waals surface area contributed by atoms with Crippen LogP contribution >= 0.6 is 0 Å². The number of likely N-dealkylation sites (N-methyl/N-ethyl adjacent to an activating group) is 1. The number of carbonyl (C=O) groups is 4. The third-order valence-corrected chi connectivity index (χ3v) is 10.8. The van der Waals surface area contributed by atoms with Crippen LogP contribution in [0.3, 0.4) is 0 Å². The number of nitrogens with zero attached hydrogens (tertiary/aromatic N) is 3. The molecule has 0 radical (unpaired) electrons. The van der Waals surface area contributed by atoms with Gasteiger partial charge in [0.2, 0.25) is 17.7 Å². The van der Waals surface area contributed by atoms with Gasteiger partial charge in [-0.05, 0) is 57.6 Å². The van der Waals surface area contributed by atoms with Crippen molar-refractivity contribution >= 4 is 23.7 Å². The summed E-state index contributed by atoms with van der Waals surface area (Å²) < 4.78 is 13.0. The molecule has 268 valence electrons. The molecule has 0 unspecified atom stereocenters. The number of ether oxygens (including phenoxy) is 2. The summed E-state index contributed by atoms with van der Waals surface area (Å²) in [7, 11) is 1.69. The lowest BCUT2D eigenvalue weighted by Crippen LogP contribution is -2.60. The number of benzene rings is 2. The van der Waals surface area contributed by atoms with Crippen LogP contribution in [0.2, 0.25) is 0 Å². The van der Waals surface area contributed by atoms with Gasteiger partial charge < -0.3 is 29.3 Å². The number of fused-ring (bicyclic) bond motifs is 1. The van der Waals surface area contributed by atoms with E-state index in [0.717, 1.165) is 5.56 Å². The lowest BCUT2D eigenvalue weighted by molar-refractivity contribution is -0.165. The zero-order chi connectivity index (χ0) is 36.2. The molecule has 3 aliphatic rings. The standard InChI is InChI=1S/C40H51N3O7/c1-7-9-20-32(45)41(6)27(5)35(29-18-14-11-15-19-29)49-39(48)33-31-21-22-40(50-31)34(33)37(46)43(30(25-44)24-28-16-12-10-13-17-28)36(40)38(47)42(23-8-2)26(3)4/h7-8,10-19,26-27,30-31,33-36,44H,1-2,9,20-25H2,3-6H3/t27-,30+,31-,33+,34+,35+,36-,40+/m0/s1. The van der Waals surface area contributed by atoms with Crippen LogP contribution in [0.25, 0.3) is 0 Å². The highest BCUT2D eigenvalue weighted by Gasteiger charge is 2.75. The van der Waals surface area contributed by atoms with Crippen LogP contribution < -0.4 is 0 Å². The average Bonchev–Trinajstić information content (AvgIpc) is 3.77. The predicted molar refractivity (Wildman–Crippen MR) is 189 cm³/mol. The Kier molecular flexibility index (Phi) is 11.6. The highest BCUT2D eigenvalue weighted by molar-refractivity contribution is 5.98. The number of rotatable bonds is 16. The first-order chi connectivity index (χ1) is 24.0. The van der Waals surface area contributed by atoms with Crippen LogP contribution in [0.1, 0.15) is 63.7 Å². The SMILES string of the molecule is C=CCCC(=O)N(C)[C@@H](C)[C@@H](OC(=O)[C@@H]1[C@@H]2CC[C@]3(O2)[C@H](C(=O)N(CC=C)C(C)C)N([C@@H](CO)Cc2ccccc2)C(=O)[C@@H]13)c1ccccc1. The van der Waals surface area contributed by atoms with E-state index in [2.05, 4.69) is 13.2 Å².